The monoisotopic (exact) mass is 352 g/mol. The number of nitrogens with one attached hydrogen (secondary N) is 1. The molecular weight excluding hydrogens is 336 g/mol. The Morgan fingerprint density at radius 1 is 1.45 bits per heavy atom. The number of anilines is 1. The smallest absolute Gasteiger partial charge is 0.242 e. The Bertz CT molecular complexity index is 587. The number of aryl methyl sites for hydroxylation is 1. The van der Waals surface area contributed by atoms with Gasteiger partial charge < -0.3 is 5.73 Å². The minimum Gasteiger partial charge on any atom is -0.398 e. The van der Waals surface area contributed by atoms with Crippen LogP contribution in [-0.4, -0.2) is 37.5 Å². The van der Waals surface area contributed by atoms with E-state index in [-0.39, 0.29) is 9.92 Å². The molecule has 0 saturated carbocycles. The van der Waals surface area contributed by atoms with Gasteiger partial charge in [-0.2, -0.15) is 23.5 Å². The highest BCUT2D eigenvalue weighted by molar-refractivity contribution is 8.06. The van der Waals surface area contributed by atoms with E-state index in [2.05, 4.69) is 4.72 Å². The molecule has 8 heteroatoms. The van der Waals surface area contributed by atoms with Crippen LogP contribution in [0.2, 0.25) is 5.02 Å². The summed E-state index contributed by atoms with van der Waals surface area (Å²) in [6, 6.07) is 3.00. The number of nitrogen functional groups attached to an aromatic ring is 1. The van der Waals surface area contributed by atoms with Gasteiger partial charge in [-0.05, 0) is 24.6 Å². The molecule has 112 valence electrons. The fraction of sp³-hybridized carbons (Fsp3) is 0.500. The number of rotatable bonds is 4. The third-order valence-corrected chi connectivity index (χ3v) is 7.73. The lowest BCUT2D eigenvalue weighted by atomic mass is 10.2. The maximum atomic E-state index is 12.3. The van der Waals surface area contributed by atoms with Crippen LogP contribution in [0.25, 0.3) is 0 Å². The van der Waals surface area contributed by atoms with E-state index >= 15 is 0 Å². The van der Waals surface area contributed by atoms with Gasteiger partial charge in [0.15, 0.2) is 0 Å². The number of thioether (sulfide) groups is 2. The second-order valence-electron chi connectivity index (χ2n) is 4.56. The summed E-state index contributed by atoms with van der Waals surface area (Å²) in [7, 11) is -3.61. The molecule has 1 fully saturated rings. The summed E-state index contributed by atoms with van der Waals surface area (Å²) in [4.78, 5) is 0.0516. The van der Waals surface area contributed by atoms with Gasteiger partial charge in [-0.1, -0.05) is 11.6 Å². The molecule has 1 saturated heterocycles. The molecule has 1 aromatic rings. The molecule has 4 nitrogen and oxygen atoms in total. The molecule has 0 bridgehead atoms. The molecule has 20 heavy (non-hydrogen) atoms. The van der Waals surface area contributed by atoms with E-state index in [1.807, 2.05) is 11.8 Å². The fourth-order valence-corrected chi connectivity index (χ4v) is 6.22. The second-order valence-corrected chi connectivity index (χ2v) is 9.26. The van der Waals surface area contributed by atoms with Crippen LogP contribution >= 0.6 is 35.1 Å². The average molecular weight is 353 g/mol. The van der Waals surface area contributed by atoms with E-state index in [4.69, 9.17) is 17.3 Å². The zero-order chi connectivity index (χ0) is 14.8. The number of nitrogens with two attached hydrogens (primary N) is 1. The summed E-state index contributed by atoms with van der Waals surface area (Å²) in [5, 5.41) is 0.514. The Hall–Kier alpha value is -0.0800. The summed E-state index contributed by atoms with van der Waals surface area (Å²) >= 11 is 9.68. The third-order valence-electron chi connectivity index (χ3n) is 3.00. The topological polar surface area (TPSA) is 72.2 Å². The lowest BCUT2D eigenvalue weighted by molar-refractivity contribution is 0.581. The maximum absolute atomic E-state index is 12.3. The predicted molar refractivity (Wildman–Crippen MR) is 89.4 cm³/mol. The van der Waals surface area contributed by atoms with Crippen LogP contribution in [0.5, 0.6) is 0 Å². The molecule has 0 amide bonds. The minimum absolute atomic E-state index is 0.0516. The van der Waals surface area contributed by atoms with Gasteiger partial charge in [0.05, 0.1) is 5.02 Å². The molecular formula is C12H17ClN2O2S3. The number of sulfonamides is 1. The second kappa shape index (κ2) is 6.79. The number of hydrogen-bond acceptors (Lipinski definition) is 5. The van der Waals surface area contributed by atoms with Crippen molar-refractivity contribution in [2.45, 2.75) is 17.1 Å². The van der Waals surface area contributed by atoms with Crippen molar-refractivity contribution in [1.82, 2.24) is 4.72 Å². The molecule has 0 aliphatic carbocycles. The quantitative estimate of drug-likeness (QED) is 0.814. The molecule has 0 aromatic heterocycles. The van der Waals surface area contributed by atoms with E-state index in [0.717, 1.165) is 22.8 Å². The normalized spacial score (nSPS) is 20.0. The van der Waals surface area contributed by atoms with Crippen molar-refractivity contribution in [1.29, 1.82) is 0 Å². The number of halogens is 1. The first-order valence-electron chi connectivity index (χ1n) is 6.15. The van der Waals surface area contributed by atoms with Gasteiger partial charge in [0.2, 0.25) is 10.0 Å². The predicted octanol–water partition coefficient (Wildman–Crippen LogP) is 2.36. The Kier molecular flexibility index (Phi) is 5.53. The molecule has 1 unspecified atom stereocenters. The highest BCUT2D eigenvalue weighted by Crippen LogP contribution is 2.27. The zero-order valence-electron chi connectivity index (χ0n) is 11.1. The third kappa shape index (κ3) is 3.98. The summed E-state index contributed by atoms with van der Waals surface area (Å²) in [6.07, 6.45) is 0. The van der Waals surface area contributed by atoms with Crippen LogP contribution < -0.4 is 10.5 Å². The zero-order valence-corrected chi connectivity index (χ0v) is 14.3. The van der Waals surface area contributed by atoms with Crippen molar-refractivity contribution in [2.75, 3.05) is 29.5 Å². The van der Waals surface area contributed by atoms with Crippen molar-refractivity contribution in [2.24, 2.45) is 0 Å². The van der Waals surface area contributed by atoms with Crippen LogP contribution in [0.15, 0.2) is 17.0 Å². The maximum Gasteiger partial charge on any atom is 0.242 e. The molecule has 0 spiro atoms. The fourth-order valence-electron chi connectivity index (χ4n) is 1.81. The van der Waals surface area contributed by atoms with Crippen molar-refractivity contribution in [3.05, 3.63) is 22.7 Å². The van der Waals surface area contributed by atoms with Crippen molar-refractivity contribution in [3.8, 4) is 0 Å². The van der Waals surface area contributed by atoms with E-state index < -0.39 is 10.0 Å². The highest BCUT2D eigenvalue weighted by Gasteiger charge is 2.22. The molecule has 2 rings (SSSR count). The molecule has 0 radical (unpaired) electrons. The Morgan fingerprint density at radius 3 is 2.85 bits per heavy atom. The summed E-state index contributed by atoms with van der Waals surface area (Å²) < 4.78 is 27.2. The van der Waals surface area contributed by atoms with Crippen LogP contribution in [0, 0.1) is 6.92 Å². The number of hydrogen-bond donors (Lipinski definition) is 2. The standard InChI is InChI=1S/C12H17ClN2O2S3/c1-8-4-10(13)12(5-11(8)14)20(16,17)15-6-9-7-18-2-3-19-9/h4-5,9,15H,2-3,6-7,14H2,1H3. The summed E-state index contributed by atoms with van der Waals surface area (Å²) in [5.41, 5.74) is 6.97. The van der Waals surface area contributed by atoms with E-state index in [1.165, 1.54) is 6.07 Å². The lowest BCUT2D eigenvalue weighted by Gasteiger charge is -2.21. The van der Waals surface area contributed by atoms with E-state index in [1.54, 1.807) is 24.8 Å². The first kappa shape index (κ1) is 16.3. The van der Waals surface area contributed by atoms with Crippen LogP contribution in [0.4, 0.5) is 5.69 Å². The number of benzene rings is 1. The Balaban J connectivity index is 2.11. The van der Waals surface area contributed by atoms with Gasteiger partial charge >= 0.3 is 0 Å². The molecule has 1 atom stereocenters. The Morgan fingerprint density at radius 2 is 2.20 bits per heavy atom. The van der Waals surface area contributed by atoms with Gasteiger partial charge in [-0.25, -0.2) is 13.1 Å². The van der Waals surface area contributed by atoms with Crippen molar-refractivity contribution in [3.63, 3.8) is 0 Å². The van der Waals surface area contributed by atoms with Gasteiger partial charge in [-0.15, -0.1) is 0 Å². The average Bonchev–Trinajstić information content (AvgIpc) is 2.42. The Labute approximate surface area is 133 Å². The van der Waals surface area contributed by atoms with Gasteiger partial charge in [0, 0.05) is 34.7 Å². The van der Waals surface area contributed by atoms with Crippen LogP contribution in [0.3, 0.4) is 0 Å². The van der Waals surface area contributed by atoms with Gasteiger partial charge in [-0.3, -0.25) is 0 Å². The summed E-state index contributed by atoms with van der Waals surface area (Å²) in [5.74, 6) is 3.17. The SMILES string of the molecule is Cc1cc(Cl)c(S(=O)(=O)NCC2CSCCS2)cc1N. The van der Waals surface area contributed by atoms with E-state index in [0.29, 0.717) is 17.5 Å². The minimum atomic E-state index is -3.61. The first-order chi connectivity index (χ1) is 9.40. The van der Waals surface area contributed by atoms with Crippen molar-refractivity contribution >= 4 is 50.8 Å². The lowest BCUT2D eigenvalue weighted by Crippen LogP contribution is -2.33. The first-order valence-corrected chi connectivity index (χ1v) is 10.2. The van der Waals surface area contributed by atoms with Crippen LogP contribution in [-0.2, 0) is 10.0 Å². The largest absolute Gasteiger partial charge is 0.398 e. The molecule has 1 aliphatic rings. The molecule has 1 aromatic carbocycles. The summed E-state index contributed by atoms with van der Waals surface area (Å²) in [6.45, 7) is 2.21. The van der Waals surface area contributed by atoms with Crippen molar-refractivity contribution < 1.29 is 8.42 Å². The van der Waals surface area contributed by atoms with E-state index in [9.17, 15) is 8.42 Å². The van der Waals surface area contributed by atoms with Gasteiger partial charge in [0.1, 0.15) is 4.90 Å². The molecule has 1 heterocycles. The highest BCUT2D eigenvalue weighted by atomic mass is 35.5. The molecule has 3 N–H and O–H groups in total. The molecule has 1 aliphatic heterocycles. The van der Waals surface area contributed by atoms with Crippen LogP contribution in [0.1, 0.15) is 5.56 Å². The van der Waals surface area contributed by atoms with Gasteiger partial charge in [0.25, 0.3) is 0 Å².